The average molecular weight is 461 g/mol. The molecular weight excluding hydrogens is 436 g/mol. The van der Waals surface area contributed by atoms with E-state index in [9.17, 15) is 13.2 Å². The predicted octanol–water partition coefficient (Wildman–Crippen LogP) is 4.26. The standard InChI is InChI=1S/C23H25ClN2O4S/c1-18(9-10-19-6-3-2-4-7-19)25-23(27)17-26(16-21-8-5-15-30-21)31(28,29)22-13-11-20(24)12-14-22/h2-8,11-15,18H,9-10,16-17H2,1H3,(H,25,27). The van der Waals surface area contributed by atoms with Crippen LogP contribution in [0, 0.1) is 0 Å². The van der Waals surface area contributed by atoms with Gasteiger partial charge in [-0.2, -0.15) is 4.31 Å². The molecule has 1 aromatic heterocycles. The van der Waals surface area contributed by atoms with Gasteiger partial charge in [-0.1, -0.05) is 41.9 Å². The first-order valence-electron chi connectivity index (χ1n) is 9.96. The van der Waals surface area contributed by atoms with Crippen LogP contribution in [0.15, 0.2) is 82.3 Å². The molecule has 0 radical (unpaired) electrons. The van der Waals surface area contributed by atoms with Crippen LogP contribution in [0.3, 0.4) is 0 Å². The number of sulfonamides is 1. The second-order valence-electron chi connectivity index (χ2n) is 7.30. The van der Waals surface area contributed by atoms with Gasteiger partial charge in [-0.25, -0.2) is 8.42 Å². The number of amides is 1. The van der Waals surface area contributed by atoms with Crippen molar-refractivity contribution in [3.63, 3.8) is 0 Å². The van der Waals surface area contributed by atoms with Crippen molar-refractivity contribution in [2.45, 2.75) is 37.2 Å². The van der Waals surface area contributed by atoms with E-state index in [4.69, 9.17) is 16.0 Å². The first-order chi connectivity index (χ1) is 14.8. The molecule has 1 unspecified atom stereocenters. The Bertz CT molecular complexity index is 1070. The van der Waals surface area contributed by atoms with Crippen LogP contribution in [0.4, 0.5) is 0 Å². The fourth-order valence-electron chi connectivity index (χ4n) is 3.14. The van der Waals surface area contributed by atoms with E-state index in [0.29, 0.717) is 10.8 Å². The Morgan fingerprint density at radius 2 is 1.77 bits per heavy atom. The summed E-state index contributed by atoms with van der Waals surface area (Å²) in [5.41, 5.74) is 1.19. The number of benzene rings is 2. The van der Waals surface area contributed by atoms with Gasteiger partial charge in [0, 0.05) is 11.1 Å². The molecule has 1 N–H and O–H groups in total. The summed E-state index contributed by atoms with van der Waals surface area (Å²) in [4.78, 5) is 12.7. The van der Waals surface area contributed by atoms with Gasteiger partial charge in [0.2, 0.25) is 15.9 Å². The molecule has 1 atom stereocenters. The van der Waals surface area contributed by atoms with Crippen molar-refractivity contribution in [1.82, 2.24) is 9.62 Å². The van der Waals surface area contributed by atoms with Gasteiger partial charge in [-0.3, -0.25) is 4.79 Å². The first-order valence-corrected chi connectivity index (χ1v) is 11.8. The third-order valence-electron chi connectivity index (χ3n) is 4.80. The minimum atomic E-state index is -3.93. The molecule has 0 aliphatic carbocycles. The maximum absolute atomic E-state index is 13.2. The van der Waals surface area contributed by atoms with Crippen LogP contribution in [0.5, 0.6) is 0 Å². The zero-order valence-electron chi connectivity index (χ0n) is 17.2. The summed E-state index contributed by atoms with van der Waals surface area (Å²) in [6, 6.07) is 19.1. The second-order valence-corrected chi connectivity index (χ2v) is 9.67. The van der Waals surface area contributed by atoms with Gasteiger partial charge in [0.25, 0.3) is 0 Å². The number of halogens is 1. The highest BCUT2D eigenvalue weighted by Gasteiger charge is 2.28. The highest BCUT2D eigenvalue weighted by Crippen LogP contribution is 2.20. The van der Waals surface area contributed by atoms with Gasteiger partial charge in [-0.05, 0) is 61.7 Å². The number of rotatable bonds is 10. The zero-order chi connectivity index (χ0) is 22.3. The molecule has 8 heteroatoms. The highest BCUT2D eigenvalue weighted by atomic mass is 35.5. The minimum Gasteiger partial charge on any atom is -0.468 e. The van der Waals surface area contributed by atoms with Gasteiger partial charge >= 0.3 is 0 Å². The molecule has 3 aromatic rings. The van der Waals surface area contributed by atoms with Crippen molar-refractivity contribution in [1.29, 1.82) is 0 Å². The molecule has 2 aromatic carbocycles. The van der Waals surface area contributed by atoms with Crippen LogP contribution in [0.1, 0.15) is 24.7 Å². The van der Waals surface area contributed by atoms with Crippen molar-refractivity contribution < 1.29 is 17.6 Å². The fraction of sp³-hybridized carbons (Fsp3) is 0.261. The summed E-state index contributed by atoms with van der Waals surface area (Å²) in [5, 5.41) is 3.33. The van der Waals surface area contributed by atoms with E-state index in [2.05, 4.69) is 5.32 Å². The van der Waals surface area contributed by atoms with Crippen molar-refractivity contribution in [3.8, 4) is 0 Å². The van der Waals surface area contributed by atoms with E-state index in [-0.39, 0.29) is 29.9 Å². The molecule has 0 bridgehead atoms. The van der Waals surface area contributed by atoms with Crippen molar-refractivity contribution >= 4 is 27.5 Å². The molecule has 31 heavy (non-hydrogen) atoms. The number of hydrogen-bond donors (Lipinski definition) is 1. The summed E-state index contributed by atoms with van der Waals surface area (Å²) in [5.74, 6) is 0.0760. The third kappa shape index (κ3) is 6.69. The van der Waals surface area contributed by atoms with Crippen LogP contribution in [-0.2, 0) is 27.8 Å². The monoisotopic (exact) mass is 460 g/mol. The Hall–Kier alpha value is -2.61. The Kier molecular flexibility index (Phi) is 7.90. The maximum atomic E-state index is 13.2. The molecule has 1 amide bonds. The normalized spacial score (nSPS) is 12.6. The minimum absolute atomic E-state index is 0.0518. The molecule has 0 aliphatic rings. The highest BCUT2D eigenvalue weighted by molar-refractivity contribution is 7.89. The quantitative estimate of drug-likeness (QED) is 0.490. The second kappa shape index (κ2) is 10.6. The van der Waals surface area contributed by atoms with Gasteiger partial charge in [0.05, 0.1) is 24.2 Å². The predicted molar refractivity (Wildman–Crippen MR) is 120 cm³/mol. The molecule has 0 saturated carbocycles. The molecule has 3 rings (SSSR count). The lowest BCUT2D eigenvalue weighted by Crippen LogP contribution is -2.43. The van der Waals surface area contributed by atoms with E-state index in [0.717, 1.165) is 17.1 Å². The first kappa shape index (κ1) is 23.1. The van der Waals surface area contributed by atoms with E-state index in [1.54, 1.807) is 12.1 Å². The lowest BCUT2D eigenvalue weighted by molar-refractivity contribution is -0.122. The summed E-state index contributed by atoms with van der Waals surface area (Å²) < 4.78 is 32.7. The van der Waals surface area contributed by atoms with E-state index in [1.807, 2.05) is 37.3 Å². The summed E-state index contributed by atoms with van der Waals surface area (Å²) in [6.45, 7) is 1.54. The molecular formula is C23H25ClN2O4S. The smallest absolute Gasteiger partial charge is 0.243 e. The maximum Gasteiger partial charge on any atom is 0.243 e. The van der Waals surface area contributed by atoms with Crippen molar-refractivity contribution in [3.05, 3.63) is 89.3 Å². The summed E-state index contributed by atoms with van der Waals surface area (Å²) in [7, 11) is -3.93. The SMILES string of the molecule is CC(CCc1ccccc1)NC(=O)CN(Cc1ccco1)S(=O)(=O)c1ccc(Cl)cc1. The number of nitrogens with zero attached hydrogens (tertiary/aromatic N) is 1. The molecule has 1 heterocycles. The van der Waals surface area contributed by atoms with Crippen LogP contribution >= 0.6 is 11.6 Å². The van der Waals surface area contributed by atoms with Gasteiger partial charge in [-0.15, -0.1) is 0 Å². The van der Waals surface area contributed by atoms with Crippen LogP contribution < -0.4 is 5.32 Å². The molecule has 6 nitrogen and oxygen atoms in total. The average Bonchev–Trinajstić information content (AvgIpc) is 3.26. The van der Waals surface area contributed by atoms with E-state index >= 15 is 0 Å². The number of hydrogen-bond acceptors (Lipinski definition) is 4. The summed E-state index contributed by atoms with van der Waals surface area (Å²) >= 11 is 5.88. The van der Waals surface area contributed by atoms with Crippen LogP contribution in [0.25, 0.3) is 0 Å². The number of carbonyl (C=O) groups is 1. The number of carbonyl (C=O) groups excluding carboxylic acids is 1. The lowest BCUT2D eigenvalue weighted by atomic mass is 10.1. The number of furan rings is 1. The van der Waals surface area contributed by atoms with Crippen molar-refractivity contribution in [2.75, 3.05) is 6.54 Å². The number of aryl methyl sites for hydroxylation is 1. The van der Waals surface area contributed by atoms with Crippen LogP contribution in [-0.4, -0.2) is 31.2 Å². The Morgan fingerprint density at radius 1 is 1.06 bits per heavy atom. The molecule has 0 aliphatic heterocycles. The third-order valence-corrected chi connectivity index (χ3v) is 6.86. The van der Waals surface area contributed by atoms with Gasteiger partial charge in [0.15, 0.2) is 0 Å². The van der Waals surface area contributed by atoms with Crippen molar-refractivity contribution in [2.24, 2.45) is 0 Å². The molecule has 164 valence electrons. The van der Waals surface area contributed by atoms with Crippen LogP contribution in [0.2, 0.25) is 5.02 Å². The van der Waals surface area contributed by atoms with E-state index < -0.39 is 10.0 Å². The Balaban J connectivity index is 1.67. The largest absolute Gasteiger partial charge is 0.468 e. The lowest BCUT2D eigenvalue weighted by Gasteiger charge is -2.22. The van der Waals surface area contributed by atoms with Gasteiger partial charge in [0.1, 0.15) is 5.76 Å². The van der Waals surface area contributed by atoms with E-state index in [1.165, 1.54) is 36.1 Å². The fourth-order valence-corrected chi connectivity index (χ4v) is 4.63. The van der Waals surface area contributed by atoms with Gasteiger partial charge < -0.3 is 9.73 Å². The Morgan fingerprint density at radius 3 is 2.42 bits per heavy atom. The Labute approximate surface area is 187 Å². The topological polar surface area (TPSA) is 79.6 Å². The zero-order valence-corrected chi connectivity index (χ0v) is 18.8. The molecule has 0 spiro atoms. The molecule has 0 fully saturated rings. The molecule has 0 saturated heterocycles. The summed E-state index contributed by atoms with van der Waals surface area (Å²) in [6.07, 6.45) is 3.04. The number of nitrogens with one attached hydrogen (secondary N) is 1.